The molecule has 0 amide bonds. The maximum Gasteiger partial charge on any atom is 0.419 e. The summed E-state index contributed by atoms with van der Waals surface area (Å²) in [6.07, 6.45) is 0.477. The summed E-state index contributed by atoms with van der Waals surface area (Å²) in [6, 6.07) is 8.25. The van der Waals surface area contributed by atoms with Crippen LogP contribution in [0.5, 0.6) is 5.75 Å². The molecule has 32 heavy (non-hydrogen) atoms. The van der Waals surface area contributed by atoms with Crippen molar-refractivity contribution in [2.24, 2.45) is 0 Å². The first-order valence-corrected chi connectivity index (χ1v) is 10.6. The van der Waals surface area contributed by atoms with Gasteiger partial charge in [-0.2, -0.15) is 18.4 Å². The summed E-state index contributed by atoms with van der Waals surface area (Å²) >= 11 is 0. The van der Waals surface area contributed by atoms with Gasteiger partial charge in [-0.05, 0) is 64.0 Å². The Hall–Kier alpha value is -3.12. The van der Waals surface area contributed by atoms with Gasteiger partial charge in [-0.25, -0.2) is 9.97 Å². The number of aromatic nitrogens is 3. The quantitative estimate of drug-likeness (QED) is 0.497. The van der Waals surface area contributed by atoms with Gasteiger partial charge in [0.15, 0.2) is 5.69 Å². The first-order valence-electron chi connectivity index (χ1n) is 10.6. The van der Waals surface area contributed by atoms with E-state index < -0.39 is 11.7 Å². The lowest BCUT2D eigenvalue weighted by atomic mass is 10.1. The molecule has 0 saturated heterocycles. The molecule has 6 nitrogen and oxygen atoms in total. The molecule has 0 N–H and O–H groups in total. The van der Waals surface area contributed by atoms with Crippen molar-refractivity contribution in [3.63, 3.8) is 0 Å². The van der Waals surface area contributed by atoms with Crippen molar-refractivity contribution >= 4 is 11.0 Å². The van der Waals surface area contributed by atoms with Crippen molar-refractivity contribution in [1.82, 2.24) is 19.4 Å². The number of pyridine rings is 1. The Balaban J connectivity index is 1.69. The van der Waals surface area contributed by atoms with Crippen molar-refractivity contribution < 1.29 is 17.9 Å². The van der Waals surface area contributed by atoms with Crippen LogP contribution < -0.4 is 4.74 Å². The molecule has 4 rings (SSSR count). The van der Waals surface area contributed by atoms with Crippen molar-refractivity contribution in [3.05, 3.63) is 41.9 Å². The molecule has 168 valence electrons. The maximum absolute atomic E-state index is 13.6. The van der Waals surface area contributed by atoms with Crippen LogP contribution in [0.3, 0.4) is 0 Å². The second-order valence-corrected chi connectivity index (χ2v) is 7.98. The number of ether oxygens (including phenoxy) is 1. The minimum atomic E-state index is -4.57. The Labute approximate surface area is 184 Å². The van der Waals surface area contributed by atoms with Gasteiger partial charge >= 0.3 is 6.18 Å². The van der Waals surface area contributed by atoms with Crippen LogP contribution in [-0.4, -0.2) is 45.7 Å². The number of nitrogens with zero attached hydrogens (tertiary/aromatic N) is 5. The SMILES string of the molecule is CCOc1ccc(-c2cc3c(ncn3CCCN(C)C3CC3)c(C#N)n2)cc1C(F)(F)F. The third-order valence-corrected chi connectivity index (χ3v) is 5.67. The van der Waals surface area contributed by atoms with Gasteiger partial charge < -0.3 is 14.2 Å². The number of rotatable bonds is 8. The smallest absolute Gasteiger partial charge is 0.419 e. The summed E-state index contributed by atoms with van der Waals surface area (Å²) in [7, 11) is 2.11. The lowest BCUT2D eigenvalue weighted by Crippen LogP contribution is -2.22. The molecule has 1 aromatic carbocycles. The summed E-state index contributed by atoms with van der Waals surface area (Å²) in [4.78, 5) is 11.0. The molecule has 0 unspecified atom stereocenters. The molecular weight excluding hydrogens is 419 g/mol. The summed E-state index contributed by atoms with van der Waals surface area (Å²) in [5.41, 5.74) is 0.916. The Morgan fingerprint density at radius 2 is 2.06 bits per heavy atom. The predicted octanol–water partition coefficient (Wildman–Crippen LogP) is 4.87. The van der Waals surface area contributed by atoms with E-state index >= 15 is 0 Å². The Kier molecular flexibility index (Phi) is 6.07. The zero-order valence-electron chi connectivity index (χ0n) is 18.0. The molecule has 2 aromatic heterocycles. The molecular formula is C23H24F3N5O. The summed E-state index contributed by atoms with van der Waals surface area (Å²) in [5.74, 6) is -0.227. The van der Waals surface area contributed by atoms with E-state index in [4.69, 9.17) is 4.74 Å². The van der Waals surface area contributed by atoms with Gasteiger partial charge in [0.1, 0.15) is 17.3 Å². The van der Waals surface area contributed by atoms with Gasteiger partial charge in [0.2, 0.25) is 0 Å². The second kappa shape index (κ2) is 8.79. The van der Waals surface area contributed by atoms with E-state index in [0.29, 0.717) is 29.3 Å². The number of alkyl halides is 3. The standard InChI is InChI=1S/C23H24F3N5O/c1-3-32-21-8-5-15(11-17(21)23(24,25)26)18-12-20-22(19(13-27)29-18)28-14-31(20)10-4-9-30(2)16-6-7-16/h5,8,11-12,14,16H,3-4,6-7,9-10H2,1-2H3. The van der Waals surface area contributed by atoms with Gasteiger partial charge in [0, 0.05) is 18.2 Å². The molecule has 1 aliphatic rings. The van der Waals surface area contributed by atoms with E-state index in [-0.39, 0.29) is 23.6 Å². The zero-order valence-corrected chi connectivity index (χ0v) is 18.0. The molecule has 1 saturated carbocycles. The molecule has 1 fully saturated rings. The number of fused-ring (bicyclic) bond motifs is 1. The van der Waals surface area contributed by atoms with Gasteiger partial charge in [-0.3, -0.25) is 0 Å². The van der Waals surface area contributed by atoms with Crippen molar-refractivity contribution in [2.45, 2.75) is 44.9 Å². The molecule has 2 heterocycles. The van der Waals surface area contributed by atoms with E-state index in [2.05, 4.69) is 21.9 Å². The van der Waals surface area contributed by atoms with E-state index in [1.807, 2.05) is 10.6 Å². The molecule has 3 aromatic rings. The summed E-state index contributed by atoms with van der Waals surface area (Å²) in [6.45, 7) is 3.40. The average molecular weight is 443 g/mol. The Morgan fingerprint density at radius 1 is 1.28 bits per heavy atom. The van der Waals surface area contributed by atoms with Crippen LogP contribution in [0.15, 0.2) is 30.6 Å². The molecule has 0 spiro atoms. The van der Waals surface area contributed by atoms with Crippen LogP contribution >= 0.6 is 0 Å². The molecule has 0 aliphatic heterocycles. The number of hydrogen-bond donors (Lipinski definition) is 0. The number of halogens is 3. The largest absolute Gasteiger partial charge is 0.493 e. The lowest BCUT2D eigenvalue weighted by molar-refractivity contribution is -0.138. The first kappa shape index (κ1) is 22.1. The third kappa shape index (κ3) is 4.55. The van der Waals surface area contributed by atoms with Crippen LogP contribution in [0.1, 0.15) is 37.4 Å². The highest BCUT2D eigenvalue weighted by molar-refractivity contribution is 5.84. The topological polar surface area (TPSA) is 67.0 Å². The molecule has 1 aliphatic carbocycles. The van der Waals surface area contributed by atoms with Crippen LogP contribution in [0, 0.1) is 11.3 Å². The van der Waals surface area contributed by atoms with Crippen LogP contribution in [0.2, 0.25) is 0 Å². The van der Waals surface area contributed by atoms with Crippen LogP contribution in [0.4, 0.5) is 13.2 Å². The Morgan fingerprint density at radius 3 is 2.72 bits per heavy atom. The van der Waals surface area contributed by atoms with E-state index in [1.165, 1.54) is 25.0 Å². The predicted molar refractivity (Wildman–Crippen MR) is 114 cm³/mol. The monoisotopic (exact) mass is 443 g/mol. The highest BCUT2D eigenvalue weighted by Crippen LogP contribution is 2.39. The molecule has 9 heteroatoms. The number of hydrogen-bond acceptors (Lipinski definition) is 5. The first-order chi connectivity index (χ1) is 15.3. The maximum atomic E-state index is 13.6. The van der Waals surface area contributed by atoms with Gasteiger partial charge in [0.25, 0.3) is 0 Å². The average Bonchev–Trinajstić information content (AvgIpc) is 3.54. The van der Waals surface area contributed by atoms with Gasteiger partial charge in [-0.15, -0.1) is 0 Å². The third-order valence-electron chi connectivity index (χ3n) is 5.67. The highest BCUT2D eigenvalue weighted by atomic mass is 19.4. The van der Waals surface area contributed by atoms with Crippen molar-refractivity contribution in [2.75, 3.05) is 20.2 Å². The fourth-order valence-corrected chi connectivity index (χ4v) is 3.85. The van der Waals surface area contributed by atoms with Crippen LogP contribution in [-0.2, 0) is 12.7 Å². The number of benzene rings is 1. The second-order valence-electron chi connectivity index (χ2n) is 7.98. The highest BCUT2D eigenvalue weighted by Gasteiger charge is 2.35. The molecule has 0 radical (unpaired) electrons. The van der Waals surface area contributed by atoms with E-state index in [9.17, 15) is 18.4 Å². The summed E-state index contributed by atoms with van der Waals surface area (Å²) in [5, 5.41) is 9.56. The fourth-order valence-electron chi connectivity index (χ4n) is 3.85. The van der Waals surface area contributed by atoms with Gasteiger partial charge in [-0.1, -0.05) is 0 Å². The molecule has 0 bridgehead atoms. The zero-order chi connectivity index (χ0) is 22.9. The van der Waals surface area contributed by atoms with Crippen molar-refractivity contribution in [3.8, 4) is 23.1 Å². The minimum Gasteiger partial charge on any atom is -0.493 e. The number of aryl methyl sites for hydroxylation is 1. The van der Waals surface area contributed by atoms with Gasteiger partial charge in [0.05, 0.1) is 29.7 Å². The molecule has 0 atom stereocenters. The van der Waals surface area contributed by atoms with E-state index in [0.717, 1.165) is 19.0 Å². The Bertz CT molecular complexity index is 1160. The number of imidazole rings is 1. The normalized spacial score (nSPS) is 14.2. The van der Waals surface area contributed by atoms with Crippen LogP contribution in [0.25, 0.3) is 22.3 Å². The minimum absolute atomic E-state index is 0.0915. The van der Waals surface area contributed by atoms with E-state index in [1.54, 1.807) is 19.3 Å². The summed E-state index contributed by atoms with van der Waals surface area (Å²) < 4.78 is 47.8. The fraction of sp³-hybridized carbons (Fsp3) is 0.435. The van der Waals surface area contributed by atoms with Crippen molar-refractivity contribution in [1.29, 1.82) is 5.26 Å². The number of nitriles is 1. The lowest BCUT2D eigenvalue weighted by Gasteiger charge is -2.16.